The summed E-state index contributed by atoms with van der Waals surface area (Å²) in [6, 6.07) is 6.03. The third-order valence-electron chi connectivity index (χ3n) is 4.90. The van der Waals surface area contributed by atoms with Crippen LogP contribution in [0.5, 0.6) is 0 Å². The molecule has 1 aliphatic heterocycles. The number of nitrogens with one attached hydrogen (secondary N) is 1. The topological polar surface area (TPSA) is 49.4 Å². The predicted molar refractivity (Wildman–Crippen MR) is 85.2 cm³/mol. The Balaban J connectivity index is 1.54. The summed E-state index contributed by atoms with van der Waals surface area (Å²) in [7, 11) is 0. The van der Waals surface area contributed by atoms with Crippen LogP contribution in [0.1, 0.15) is 32.3 Å². The molecule has 23 heavy (non-hydrogen) atoms. The summed E-state index contributed by atoms with van der Waals surface area (Å²) in [5.74, 6) is 0.292. The molecule has 2 fully saturated rings. The van der Waals surface area contributed by atoms with E-state index in [0.29, 0.717) is 19.0 Å². The Labute approximate surface area is 136 Å². The Kier molecular flexibility index (Phi) is 4.13. The van der Waals surface area contributed by atoms with Crippen molar-refractivity contribution in [3.8, 4) is 0 Å². The van der Waals surface area contributed by atoms with Crippen LogP contribution in [-0.4, -0.2) is 36.3 Å². The molecule has 124 valence electrons. The van der Waals surface area contributed by atoms with Crippen LogP contribution in [0.25, 0.3) is 0 Å². The quantitative estimate of drug-likeness (QED) is 0.904. The number of nitrogens with zero attached hydrogens (tertiary/aromatic N) is 1. The van der Waals surface area contributed by atoms with Crippen molar-refractivity contribution < 1.29 is 14.0 Å². The Bertz CT molecular complexity index is 602. The number of benzene rings is 1. The lowest BCUT2D eigenvalue weighted by atomic mass is 9.81. The number of hydrogen-bond acceptors (Lipinski definition) is 2. The molecule has 0 atom stereocenters. The maximum absolute atomic E-state index is 13.0. The molecule has 2 amide bonds. The second-order valence-electron chi connectivity index (χ2n) is 7.23. The summed E-state index contributed by atoms with van der Waals surface area (Å²) in [5.41, 5.74) is 0.0638. The summed E-state index contributed by atoms with van der Waals surface area (Å²) in [6.07, 6.45) is 2.42. The number of amides is 2. The zero-order chi connectivity index (χ0) is 16.6. The Hall–Kier alpha value is -1.91. The van der Waals surface area contributed by atoms with Crippen LogP contribution >= 0.6 is 0 Å². The zero-order valence-electron chi connectivity index (χ0n) is 13.6. The zero-order valence-corrected chi connectivity index (χ0v) is 13.6. The minimum absolute atomic E-state index is 0.0182. The van der Waals surface area contributed by atoms with Gasteiger partial charge in [-0.2, -0.15) is 0 Å². The third-order valence-corrected chi connectivity index (χ3v) is 4.90. The molecular formula is C18H23FN2O2. The molecule has 1 N–H and O–H groups in total. The molecule has 1 aromatic carbocycles. The normalized spacial score (nSPS) is 18.5. The lowest BCUT2D eigenvalue weighted by molar-refractivity contribution is -0.147. The lowest BCUT2D eigenvalue weighted by Crippen LogP contribution is -2.59. The number of halogens is 1. The molecule has 0 unspecified atom stereocenters. The number of carbonyl (C=O) groups excluding carboxylic acids is 2. The van der Waals surface area contributed by atoms with Gasteiger partial charge in [-0.05, 0) is 50.3 Å². The predicted octanol–water partition coefficient (Wildman–Crippen LogP) is 2.09. The van der Waals surface area contributed by atoms with E-state index < -0.39 is 5.41 Å². The van der Waals surface area contributed by atoms with Crippen molar-refractivity contribution in [2.45, 2.75) is 32.1 Å². The fourth-order valence-corrected chi connectivity index (χ4v) is 2.91. The van der Waals surface area contributed by atoms with Gasteiger partial charge in [0.2, 0.25) is 11.8 Å². The molecule has 2 aliphatic rings. The smallest absolute Gasteiger partial charge is 0.232 e. The van der Waals surface area contributed by atoms with Crippen molar-refractivity contribution in [2.75, 3.05) is 19.6 Å². The van der Waals surface area contributed by atoms with E-state index in [-0.39, 0.29) is 23.5 Å². The van der Waals surface area contributed by atoms with Crippen LogP contribution in [0, 0.1) is 17.7 Å². The third kappa shape index (κ3) is 3.38. The molecular weight excluding hydrogens is 295 g/mol. The molecule has 4 nitrogen and oxygen atoms in total. The molecule has 3 rings (SSSR count). The first-order chi connectivity index (χ1) is 10.9. The van der Waals surface area contributed by atoms with Crippen molar-refractivity contribution in [1.82, 2.24) is 10.2 Å². The van der Waals surface area contributed by atoms with Gasteiger partial charge in [-0.1, -0.05) is 12.1 Å². The summed E-state index contributed by atoms with van der Waals surface area (Å²) in [5, 5.41) is 2.96. The summed E-state index contributed by atoms with van der Waals surface area (Å²) < 4.78 is 13.0. The summed E-state index contributed by atoms with van der Waals surface area (Å²) in [4.78, 5) is 26.4. The minimum atomic E-state index is -0.719. The Morgan fingerprint density at radius 1 is 1.22 bits per heavy atom. The van der Waals surface area contributed by atoms with E-state index in [4.69, 9.17) is 0 Å². The van der Waals surface area contributed by atoms with Gasteiger partial charge in [0, 0.05) is 19.6 Å². The molecule has 0 radical (unpaired) electrons. The van der Waals surface area contributed by atoms with Crippen molar-refractivity contribution in [3.63, 3.8) is 0 Å². The van der Waals surface area contributed by atoms with Crippen LogP contribution in [0.2, 0.25) is 0 Å². The van der Waals surface area contributed by atoms with Crippen LogP contribution in [0.3, 0.4) is 0 Å². The lowest BCUT2D eigenvalue weighted by Gasteiger charge is -2.42. The first-order valence-corrected chi connectivity index (χ1v) is 8.21. The van der Waals surface area contributed by atoms with E-state index in [2.05, 4.69) is 5.32 Å². The van der Waals surface area contributed by atoms with Crippen LogP contribution in [0.4, 0.5) is 4.39 Å². The van der Waals surface area contributed by atoms with Gasteiger partial charge in [0.05, 0.1) is 11.3 Å². The number of rotatable bonds is 5. The van der Waals surface area contributed by atoms with E-state index in [1.165, 1.54) is 25.0 Å². The van der Waals surface area contributed by atoms with Gasteiger partial charge < -0.3 is 10.2 Å². The van der Waals surface area contributed by atoms with Gasteiger partial charge in [0.15, 0.2) is 0 Å². The van der Waals surface area contributed by atoms with Gasteiger partial charge in [-0.3, -0.25) is 9.59 Å². The number of carbonyl (C=O) groups is 2. The van der Waals surface area contributed by atoms with E-state index >= 15 is 0 Å². The number of hydrogen-bond donors (Lipinski definition) is 1. The standard InChI is InChI=1S/C18H23FN2O2/c1-18(2,14-5-7-15(19)8-6-14)17(23)21-10-13(11-21)16(22)20-9-12-3-4-12/h5-8,12-13H,3-4,9-11H2,1-2H3,(H,20,22). The van der Waals surface area contributed by atoms with E-state index in [9.17, 15) is 14.0 Å². The number of likely N-dealkylation sites (tertiary alicyclic amines) is 1. The first kappa shape index (κ1) is 16.0. The van der Waals surface area contributed by atoms with Gasteiger partial charge in [0.1, 0.15) is 5.82 Å². The summed E-state index contributed by atoms with van der Waals surface area (Å²) in [6.45, 7) is 5.39. The fraction of sp³-hybridized carbons (Fsp3) is 0.556. The molecule has 1 heterocycles. The van der Waals surface area contributed by atoms with Crippen molar-refractivity contribution in [3.05, 3.63) is 35.6 Å². The second kappa shape index (κ2) is 5.95. The van der Waals surface area contributed by atoms with E-state index in [1.54, 1.807) is 17.0 Å². The largest absolute Gasteiger partial charge is 0.355 e. The van der Waals surface area contributed by atoms with Crippen molar-refractivity contribution in [2.24, 2.45) is 11.8 Å². The highest BCUT2D eigenvalue weighted by molar-refractivity contribution is 5.90. The molecule has 0 spiro atoms. The molecule has 1 aliphatic carbocycles. The van der Waals surface area contributed by atoms with Crippen LogP contribution in [-0.2, 0) is 15.0 Å². The molecule has 0 bridgehead atoms. The monoisotopic (exact) mass is 318 g/mol. The molecule has 1 aromatic rings. The fourth-order valence-electron chi connectivity index (χ4n) is 2.91. The molecule has 1 saturated heterocycles. The minimum Gasteiger partial charge on any atom is -0.355 e. The summed E-state index contributed by atoms with van der Waals surface area (Å²) >= 11 is 0. The van der Waals surface area contributed by atoms with Gasteiger partial charge in [-0.15, -0.1) is 0 Å². The van der Waals surface area contributed by atoms with E-state index in [0.717, 1.165) is 12.1 Å². The van der Waals surface area contributed by atoms with Crippen LogP contribution in [0.15, 0.2) is 24.3 Å². The van der Waals surface area contributed by atoms with Crippen molar-refractivity contribution in [1.29, 1.82) is 0 Å². The first-order valence-electron chi connectivity index (χ1n) is 8.21. The van der Waals surface area contributed by atoms with Gasteiger partial charge in [0.25, 0.3) is 0 Å². The van der Waals surface area contributed by atoms with Gasteiger partial charge in [-0.25, -0.2) is 4.39 Å². The highest BCUT2D eigenvalue weighted by atomic mass is 19.1. The Morgan fingerprint density at radius 3 is 2.39 bits per heavy atom. The second-order valence-corrected chi connectivity index (χ2v) is 7.23. The molecule has 0 aromatic heterocycles. The highest BCUT2D eigenvalue weighted by Gasteiger charge is 2.42. The van der Waals surface area contributed by atoms with E-state index in [1.807, 2.05) is 13.8 Å². The Morgan fingerprint density at radius 2 is 1.83 bits per heavy atom. The highest BCUT2D eigenvalue weighted by Crippen LogP contribution is 2.30. The molecule has 1 saturated carbocycles. The van der Waals surface area contributed by atoms with Gasteiger partial charge >= 0.3 is 0 Å². The van der Waals surface area contributed by atoms with Crippen molar-refractivity contribution >= 4 is 11.8 Å². The SMILES string of the molecule is CC(C)(C(=O)N1CC(C(=O)NCC2CC2)C1)c1ccc(F)cc1. The molecule has 5 heteroatoms. The maximum atomic E-state index is 13.0. The van der Waals surface area contributed by atoms with Crippen LogP contribution < -0.4 is 5.32 Å². The average Bonchev–Trinajstić information content (AvgIpc) is 3.28. The average molecular weight is 318 g/mol. The maximum Gasteiger partial charge on any atom is 0.232 e.